The fourth-order valence-corrected chi connectivity index (χ4v) is 5.42. The molecule has 3 aromatic heterocycles. The van der Waals surface area contributed by atoms with Gasteiger partial charge in [0.1, 0.15) is 5.82 Å². The van der Waals surface area contributed by atoms with Crippen LogP contribution in [-0.4, -0.2) is 42.7 Å². The Morgan fingerprint density at radius 2 is 1.74 bits per heavy atom. The summed E-state index contributed by atoms with van der Waals surface area (Å²) in [5.74, 6) is 0.732. The van der Waals surface area contributed by atoms with E-state index in [2.05, 4.69) is 31.0 Å². The van der Waals surface area contributed by atoms with Gasteiger partial charge >= 0.3 is 0 Å². The van der Waals surface area contributed by atoms with Gasteiger partial charge in [0.25, 0.3) is 5.56 Å². The summed E-state index contributed by atoms with van der Waals surface area (Å²) in [6, 6.07) is 20.3. The van der Waals surface area contributed by atoms with Gasteiger partial charge in [0.15, 0.2) is 0 Å². The summed E-state index contributed by atoms with van der Waals surface area (Å²) in [6.45, 7) is 2.90. The monoisotopic (exact) mass is 510 g/mol. The Hall–Kier alpha value is -4.04. The van der Waals surface area contributed by atoms with Gasteiger partial charge in [-0.1, -0.05) is 30.3 Å². The number of aryl methyl sites for hydroxylation is 1. The highest BCUT2D eigenvalue weighted by Crippen LogP contribution is 2.24. The van der Waals surface area contributed by atoms with Crippen molar-refractivity contribution in [1.29, 1.82) is 0 Å². The maximum atomic E-state index is 13.6. The van der Waals surface area contributed by atoms with Crippen LogP contribution in [0.5, 0.6) is 0 Å². The fraction of sp³-hybridized carbons (Fsp3) is 0.300. The highest BCUT2D eigenvalue weighted by atomic mass is 19.1. The minimum absolute atomic E-state index is 0.0752. The summed E-state index contributed by atoms with van der Waals surface area (Å²) < 4.78 is 14.9. The van der Waals surface area contributed by atoms with E-state index >= 15 is 0 Å². The molecule has 1 aliphatic heterocycles. The van der Waals surface area contributed by atoms with Gasteiger partial charge in [-0.3, -0.25) is 19.8 Å². The average molecular weight is 511 g/mol. The van der Waals surface area contributed by atoms with Gasteiger partial charge < -0.3 is 4.98 Å². The van der Waals surface area contributed by atoms with Crippen LogP contribution >= 0.6 is 0 Å². The minimum Gasteiger partial charge on any atom is -0.322 e. The van der Waals surface area contributed by atoms with E-state index in [0.717, 1.165) is 72.4 Å². The number of H-pyrrole nitrogens is 2. The van der Waals surface area contributed by atoms with Gasteiger partial charge in [-0.05, 0) is 93.1 Å². The van der Waals surface area contributed by atoms with Crippen molar-refractivity contribution in [3.8, 4) is 5.95 Å². The number of halogens is 1. The molecule has 0 bridgehead atoms. The number of piperidine rings is 1. The second-order valence-electron chi connectivity index (χ2n) is 10.2. The number of likely N-dealkylation sites (tertiary alicyclic amines) is 1. The Morgan fingerprint density at radius 1 is 0.947 bits per heavy atom. The lowest BCUT2D eigenvalue weighted by molar-refractivity contribution is 0.174. The van der Waals surface area contributed by atoms with E-state index in [0.29, 0.717) is 24.7 Å². The second kappa shape index (κ2) is 10.8. The minimum atomic E-state index is -0.252. The number of para-hydroxylation sites is 2. The van der Waals surface area contributed by atoms with Gasteiger partial charge in [-0.2, -0.15) is 4.68 Å². The zero-order valence-electron chi connectivity index (χ0n) is 21.2. The molecular weight excluding hydrogens is 479 g/mol. The molecule has 0 amide bonds. The van der Waals surface area contributed by atoms with Crippen molar-refractivity contribution < 1.29 is 4.39 Å². The molecule has 0 unspecified atom stereocenters. The molecule has 8 heteroatoms. The largest absolute Gasteiger partial charge is 0.322 e. The summed E-state index contributed by atoms with van der Waals surface area (Å²) in [5, 5.41) is 3.40. The van der Waals surface area contributed by atoms with Gasteiger partial charge in [-0.25, -0.2) is 9.37 Å². The van der Waals surface area contributed by atoms with Crippen LogP contribution in [0.15, 0.2) is 77.7 Å². The number of aromatic amines is 2. The van der Waals surface area contributed by atoms with Crippen LogP contribution in [-0.2, 0) is 25.8 Å². The Kier molecular flexibility index (Phi) is 6.88. The molecule has 2 N–H and O–H groups in total. The second-order valence-corrected chi connectivity index (χ2v) is 10.2. The molecule has 0 radical (unpaired) electrons. The highest BCUT2D eigenvalue weighted by molar-refractivity contribution is 5.75. The van der Waals surface area contributed by atoms with Crippen molar-refractivity contribution >= 4 is 11.0 Å². The molecule has 38 heavy (non-hydrogen) atoms. The normalized spacial score (nSPS) is 14.9. The molecule has 6 rings (SSSR count). The number of imidazole rings is 1. The third-order valence-electron chi connectivity index (χ3n) is 7.55. The van der Waals surface area contributed by atoms with Crippen LogP contribution in [0, 0.1) is 11.7 Å². The molecule has 1 saturated heterocycles. The zero-order valence-corrected chi connectivity index (χ0v) is 21.2. The Balaban J connectivity index is 1.22. The third kappa shape index (κ3) is 5.31. The van der Waals surface area contributed by atoms with E-state index in [1.807, 2.05) is 42.6 Å². The number of pyridine rings is 1. The van der Waals surface area contributed by atoms with Crippen molar-refractivity contribution in [2.75, 3.05) is 13.1 Å². The van der Waals surface area contributed by atoms with Crippen molar-refractivity contribution in [3.05, 3.63) is 112 Å². The average Bonchev–Trinajstić information content (AvgIpc) is 3.51. The molecule has 2 aromatic carbocycles. The summed E-state index contributed by atoms with van der Waals surface area (Å²) in [4.78, 5) is 28.5. The maximum Gasteiger partial charge on any atom is 0.277 e. The predicted octanol–water partition coefficient (Wildman–Crippen LogP) is 4.82. The molecule has 0 saturated carbocycles. The first-order chi connectivity index (χ1) is 18.6. The number of hydrogen-bond donors (Lipinski definition) is 2. The topological polar surface area (TPSA) is 82.6 Å². The summed E-state index contributed by atoms with van der Waals surface area (Å²) in [5.41, 5.74) is 5.50. The van der Waals surface area contributed by atoms with Crippen LogP contribution < -0.4 is 5.56 Å². The first-order valence-corrected chi connectivity index (χ1v) is 13.3. The number of benzene rings is 2. The van der Waals surface area contributed by atoms with E-state index in [-0.39, 0.29) is 11.4 Å². The predicted molar refractivity (Wildman–Crippen MR) is 146 cm³/mol. The maximum absolute atomic E-state index is 13.6. The quantitative estimate of drug-likeness (QED) is 0.314. The smallest absolute Gasteiger partial charge is 0.277 e. The molecule has 7 nitrogen and oxygen atoms in total. The highest BCUT2D eigenvalue weighted by Gasteiger charge is 2.24. The molecule has 194 valence electrons. The zero-order chi connectivity index (χ0) is 25.9. The van der Waals surface area contributed by atoms with E-state index in [1.165, 1.54) is 12.1 Å². The van der Waals surface area contributed by atoms with E-state index in [4.69, 9.17) is 0 Å². The van der Waals surface area contributed by atoms with Crippen LogP contribution in [0.4, 0.5) is 4.39 Å². The van der Waals surface area contributed by atoms with Crippen LogP contribution in [0.1, 0.15) is 35.4 Å². The standard InChI is InChI=1S/C30H31FN6O/c31-23-11-8-21(9-12-23)10-13-25-28(19-22-14-17-36(18-15-22)20-24-5-3-4-16-32-24)35-37(29(25)38)30-33-26-6-1-2-7-27(26)34-30/h1-9,11-12,16,22,35H,10,13-15,17-20H2,(H,33,34). The summed E-state index contributed by atoms with van der Waals surface area (Å²) in [7, 11) is 0. The van der Waals surface area contributed by atoms with Crippen LogP contribution in [0.2, 0.25) is 0 Å². The van der Waals surface area contributed by atoms with Gasteiger partial charge in [0, 0.05) is 24.0 Å². The van der Waals surface area contributed by atoms with Gasteiger partial charge in [0.05, 0.1) is 16.7 Å². The molecule has 0 atom stereocenters. The van der Waals surface area contributed by atoms with Crippen molar-refractivity contribution in [1.82, 2.24) is 29.6 Å². The van der Waals surface area contributed by atoms with Crippen LogP contribution in [0.3, 0.4) is 0 Å². The number of fused-ring (bicyclic) bond motifs is 1. The van der Waals surface area contributed by atoms with E-state index in [1.54, 1.807) is 16.8 Å². The number of hydrogen-bond acceptors (Lipinski definition) is 4. The molecule has 5 aromatic rings. The lowest BCUT2D eigenvalue weighted by atomic mass is 9.90. The first kappa shape index (κ1) is 24.3. The Bertz CT molecular complexity index is 1530. The molecule has 1 aliphatic rings. The Labute approximate surface area is 220 Å². The lowest BCUT2D eigenvalue weighted by Crippen LogP contribution is -2.34. The molecule has 0 spiro atoms. The van der Waals surface area contributed by atoms with E-state index < -0.39 is 0 Å². The molecule has 4 heterocycles. The van der Waals surface area contributed by atoms with Crippen molar-refractivity contribution in [3.63, 3.8) is 0 Å². The molecule has 1 fully saturated rings. The number of rotatable bonds is 8. The number of nitrogens with one attached hydrogen (secondary N) is 2. The SMILES string of the molecule is O=c1c(CCc2ccc(F)cc2)c(CC2CCN(Cc3ccccn3)CC2)[nH]n1-c1nc2ccccc2[nH]1. The third-order valence-corrected chi connectivity index (χ3v) is 7.55. The molecule has 0 aliphatic carbocycles. The first-order valence-electron chi connectivity index (χ1n) is 13.3. The van der Waals surface area contributed by atoms with Gasteiger partial charge in [-0.15, -0.1) is 0 Å². The van der Waals surface area contributed by atoms with Gasteiger partial charge in [0.2, 0.25) is 5.95 Å². The number of nitrogens with zero attached hydrogens (tertiary/aromatic N) is 4. The van der Waals surface area contributed by atoms with Crippen molar-refractivity contribution in [2.45, 2.75) is 38.6 Å². The van der Waals surface area contributed by atoms with E-state index in [9.17, 15) is 9.18 Å². The Morgan fingerprint density at radius 3 is 2.50 bits per heavy atom. The fourth-order valence-electron chi connectivity index (χ4n) is 5.42. The molecular formula is C30H31FN6O. The lowest BCUT2D eigenvalue weighted by Gasteiger charge is -2.31. The summed E-state index contributed by atoms with van der Waals surface area (Å²) in [6.07, 6.45) is 6.06. The van der Waals surface area contributed by atoms with Crippen LogP contribution in [0.25, 0.3) is 17.0 Å². The summed E-state index contributed by atoms with van der Waals surface area (Å²) >= 11 is 0. The number of aromatic nitrogens is 5. The van der Waals surface area contributed by atoms with Crippen molar-refractivity contribution in [2.24, 2.45) is 5.92 Å².